The second-order valence-electron chi connectivity index (χ2n) is 8.92. The number of carboxylic acids is 1. The number of rotatable bonds is 11. The highest BCUT2D eigenvalue weighted by Crippen LogP contribution is 2.51. The van der Waals surface area contributed by atoms with Gasteiger partial charge in [0.05, 0.1) is 31.1 Å². The van der Waals surface area contributed by atoms with Crippen molar-refractivity contribution in [3.8, 4) is 24.0 Å². The molecular weight excluding hydrogens is 515 g/mol. The van der Waals surface area contributed by atoms with Crippen molar-refractivity contribution in [2.75, 3.05) is 18.9 Å². The first-order valence-corrected chi connectivity index (χ1v) is 13.4. The first-order valence-electron chi connectivity index (χ1n) is 11.9. The Hall–Kier alpha value is -3.69. The van der Waals surface area contributed by atoms with Crippen LogP contribution in [0.25, 0.3) is 11.2 Å². The van der Waals surface area contributed by atoms with Gasteiger partial charge in [-0.2, -0.15) is 15.1 Å². The predicted octanol–water partition coefficient (Wildman–Crippen LogP) is 2.39. The van der Waals surface area contributed by atoms with Crippen LogP contribution in [0.3, 0.4) is 0 Å². The monoisotopic (exact) mass is 544 g/mol. The zero-order valence-corrected chi connectivity index (χ0v) is 21.7. The van der Waals surface area contributed by atoms with E-state index >= 15 is 0 Å². The SMILES string of the molecule is C#C[C@@]1(CO[P@@](=O)(N[C@@H](C)C(=O)O)Oc2ccccc2)C[C@H](n2cnc3c(OCC)nc(N)nc32)C[C@H]1O. The van der Waals surface area contributed by atoms with Crippen molar-refractivity contribution in [1.29, 1.82) is 0 Å². The number of terminal acetylenes is 1. The number of aliphatic hydroxyl groups is 1. The van der Waals surface area contributed by atoms with Crippen LogP contribution in [0.2, 0.25) is 0 Å². The maximum atomic E-state index is 13.6. The van der Waals surface area contributed by atoms with E-state index in [1.54, 1.807) is 41.2 Å². The average Bonchev–Trinajstić information content (AvgIpc) is 3.44. The molecule has 5 N–H and O–H groups in total. The van der Waals surface area contributed by atoms with E-state index in [2.05, 4.69) is 26.0 Å². The normalized spacial score (nSPS) is 23.4. The third-order valence-electron chi connectivity index (χ3n) is 6.28. The highest BCUT2D eigenvalue weighted by Gasteiger charge is 2.49. The van der Waals surface area contributed by atoms with E-state index < -0.39 is 31.3 Å². The summed E-state index contributed by atoms with van der Waals surface area (Å²) in [7, 11) is -4.24. The molecule has 5 atom stereocenters. The summed E-state index contributed by atoms with van der Waals surface area (Å²) in [5.74, 6) is 1.81. The Kier molecular flexibility index (Phi) is 7.89. The average molecular weight is 545 g/mol. The molecule has 0 saturated heterocycles. The van der Waals surface area contributed by atoms with Crippen LogP contribution < -0.4 is 20.1 Å². The number of nitrogens with two attached hydrogens (primary N) is 1. The molecule has 0 radical (unpaired) electrons. The zero-order chi connectivity index (χ0) is 27.5. The number of nitrogen functional groups attached to an aromatic ring is 1. The van der Waals surface area contributed by atoms with Crippen LogP contribution in [0.5, 0.6) is 11.6 Å². The van der Waals surface area contributed by atoms with Crippen LogP contribution in [0.15, 0.2) is 36.7 Å². The van der Waals surface area contributed by atoms with Crippen LogP contribution in [0.4, 0.5) is 5.95 Å². The fourth-order valence-corrected chi connectivity index (χ4v) is 5.87. The molecule has 1 fully saturated rings. The number of fused-ring (bicyclic) bond motifs is 1. The van der Waals surface area contributed by atoms with Crippen LogP contribution in [0.1, 0.15) is 32.7 Å². The summed E-state index contributed by atoms with van der Waals surface area (Å²) in [6.07, 6.45) is 6.81. The van der Waals surface area contributed by atoms with Crippen LogP contribution >= 0.6 is 7.75 Å². The molecule has 0 spiro atoms. The smallest absolute Gasteiger partial charge is 0.459 e. The summed E-state index contributed by atoms with van der Waals surface area (Å²) in [5, 5.41) is 22.8. The molecule has 13 nitrogen and oxygen atoms in total. The summed E-state index contributed by atoms with van der Waals surface area (Å²) in [5.41, 5.74) is 5.43. The third kappa shape index (κ3) is 5.58. The van der Waals surface area contributed by atoms with E-state index in [-0.39, 0.29) is 43.1 Å². The summed E-state index contributed by atoms with van der Waals surface area (Å²) in [4.78, 5) is 24.2. The molecule has 1 aromatic carbocycles. The molecule has 2 aromatic heterocycles. The van der Waals surface area contributed by atoms with Crippen molar-refractivity contribution >= 4 is 30.8 Å². The highest BCUT2D eigenvalue weighted by atomic mass is 31.2. The summed E-state index contributed by atoms with van der Waals surface area (Å²) in [6.45, 7) is 3.09. The largest absolute Gasteiger partial charge is 0.480 e. The van der Waals surface area contributed by atoms with Crippen LogP contribution in [-0.2, 0) is 13.9 Å². The van der Waals surface area contributed by atoms with Gasteiger partial charge >= 0.3 is 13.7 Å². The molecule has 1 saturated carbocycles. The van der Waals surface area contributed by atoms with Gasteiger partial charge < -0.3 is 29.8 Å². The number of anilines is 1. The number of carboxylic acid groups (broad SMARTS) is 1. The number of para-hydroxylation sites is 1. The van der Waals surface area contributed by atoms with Gasteiger partial charge in [-0.15, -0.1) is 6.42 Å². The molecule has 2 heterocycles. The van der Waals surface area contributed by atoms with Gasteiger partial charge in [0.25, 0.3) is 0 Å². The Morgan fingerprint density at radius 3 is 2.79 bits per heavy atom. The van der Waals surface area contributed by atoms with Crippen molar-refractivity contribution in [2.24, 2.45) is 5.41 Å². The van der Waals surface area contributed by atoms with E-state index in [0.717, 1.165) is 0 Å². The number of carbonyl (C=O) groups is 1. The standard InChI is InChI=1S/C24H29N6O7P/c1-4-24(13-36-38(34,29-15(3)22(32)33)37-17-9-7-6-8-10-17)12-16(11-18(24)31)30-14-26-19-20(30)27-23(25)28-21(19)35-5-2/h1,6-10,14-16,18,31H,5,11-13H2,2-3H3,(H,29,34)(H,32,33)(H2,25,27,28)/t15-,16+,18+,24-,38-/m0/s1. The molecule has 1 aliphatic rings. The van der Waals surface area contributed by atoms with Crippen molar-refractivity contribution in [3.63, 3.8) is 0 Å². The lowest BCUT2D eigenvalue weighted by atomic mass is 9.86. The van der Waals surface area contributed by atoms with Crippen molar-refractivity contribution < 1.29 is 33.4 Å². The maximum Gasteiger partial charge on any atom is 0.459 e. The molecule has 1 aliphatic carbocycles. The van der Waals surface area contributed by atoms with Gasteiger partial charge in [0.15, 0.2) is 11.2 Å². The number of benzene rings is 1. The number of aliphatic hydroxyl groups excluding tert-OH is 1. The Balaban J connectivity index is 1.59. The van der Waals surface area contributed by atoms with Crippen molar-refractivity contribution in [1.82, 2.24) is 24.6 Å². The number of hydrogen-bond donors (Lipinski definition) is 4. The Morgan fingerprint density at radius 2 is 2.13 bits per heavy atom. The van der Waals surface area contributed by atoms with E-state index in [4.69, 9.17) is 25.9 Å². The Labute approximate surface area is 218 Å². The first-order chi connectivity index (χ1) is 18.1. The molecular formula is C24H29N6O7P. The number of aromatic nitrogens is 4. The lowest BCUT2D eigenvalue weighted by Gasteiger charge is -2.29. The third-order valence-corrected chi connectivity index (χ3v) is 7.91. The van der Waals surface area contributed by atoms with Crippen LogP contribution in [0, 0.1) is 17.8 Å². The minimum atomic E-state index is -4.24. The number of ether oxygens (including phenoxy) is 1. The molecule has 14 heteroatoms. The molecule has 0 aliphatic heterocycles. The number of nitrogens with zero attached hydrogens (tertiary/aromatic N) is 4. The van der Waals surface area contributed by atoms with Gasteiger partial charge in [-0.1, -0.05) is 24.1 Å². The second kappa shape index (κ2) is 11.0. The number of hydrogen-bond acceptors (Lipinski definition) is 10. The number of aliphatic carboxylic acids is 1. The predicted molar refractivity (Wildman–Crippen MR) is 137 cm³/mol. The van der Waals surface area contributed by atoms with Crippen molar-refractivity contribution in [3.05, 3.63) is 36.7 Å². The van der Waals surface area contributed by atoms with Gasteiger partial charge in [-0.3, -0.25) is 9.32 Å². The van der Waals surface area contributed by atoms with E-state index in [0.29, 0.717) is 17.8 Å². The number of imidazole rings is 1. The molecule has 202 valence electrons. The van der Waals surface area contributed by atoms with Crippen molar-refractivity contribution in [2.45, 2.75) is 44.9 Å². The summed E-state index contributed by atoms with van der Waals surface area (Å²) < 4.78 is 32.1. The first kappa shape index (κ1) is 27.3. The minimum absolute atomic E-state index is 0.00501. The van der Waals surface area contributed by atoms with Crippen LogP contribution in [-0.4, -0.2) is 61.1 Å². The molecule has 4 rings (SSSR count). The van der Waals surface area contributed by atoms with Gasteiger partial charge in [-0.25, -0.2) is 9.55 Å². The topological polar surface area (TPSA) is 184 Å². The maximum absolute atomic E-state index is 13.6. The number of nitrogens with one attached hydrogen (secondary N) is 1. The van der Waals surface area contributed by atoms with E-state index in [9.17, 15) is 19.6 Å². The minimum Gasteiger partial charge on any atom is -0.480 e. The Bertz CT molecular complexity index is 1390. The molecule has 0 amide bonds. The Morgan fingerprint density at radius 1 is 1.39 bits per heavy atom. The fraction of sp³-hybridized carbons (Fsp3) is 0.417. The van der Waals surface area contributed by atoms with Gasteiger partial charge in [0, 0.05) is 6.04 Å². The molecule has 38 heavy (non-hydrogen) atoms. The lowest BCUT2D eigenvalue weighted by molar-refractivity contribution is -0.138. The van der Waals surface area contributed by atoms with Gasteiger partial charge in [0.1, 0.15) is 11.8 Å². The van der Waals surface area contributed by atoms with E-state index in [1.165, 1.54) is 6.92 Å². The molecule has 3 aromatic rings. The highest BCUT2D eigenvalue weighted by molar-refractivity contribution is 7.52. The molecule has 0 bridgehead atoms. The lowest BCUT2D eigenvalue weighted by Crippen LogP contribution is -2.37. The quantitative estimate of drug-likeness (QED) is 0.204. The zero-order valence-electron chi connectivity index (χ0n) is 20.9. The van der Waals surface area contributed by atoms with E-state index in [1.807, 2.05) is 6.92 Å². The summed E-state index contributed by atoms with van der Waals surface area (Å²) in [6, 6.07) is 6.55. The fourth-order valence-electron chi connectivity index (χ4n) is 4.30. The second-order valence-corrected chi connectivity index (χ2v) is 10.6. The van der Waals surface area contributed by atoms with Gasteiger partial charge in [-0.05, 0) is 38.8 Å². The summed E-state index contributed by atoms with van der Waals surface area (Å²) >= 11 is 0. The molecule has 0 unspecified atom stereocenters. The van der Waals surface area contributed by atoms with Gasteiger partial charge in [0.2, 0.25) is 11.8 Å².